The number of nitrogens with zero attached hydrogens (tertiary/aromatic N) is 1. The van der Waals surface area contributed by atoms with Gasteiger partial charge in [0.2, 0.25) is 5.75 Å². The summed E-state index contributed by atoms with van der Waals surface area (Å²) in [7, 11) is -4.80. The van der Waals surface area contributed by atoms with Crippen LogP contribution in [0.25, 0.3) is 0 Å². The van der Waals surface area contributed by atoms with Gasteiger partial charge in [0.25, 0.3) is 0 Å². The Balaban J connectivity index is 3.26. The van der Waals surface area contributed by atoms with E-state index in [2.05, 4.69) is 8.92 Å². The summed E-state index contributed by atoms with van der Waals surface area (Å²) in [6.45, 7) is 0. The van der Waals surface area contributed by atoms with E-state index in [1.165, 1.54) is 7.11 Å². The third-order valence-corrected chi connectivity index (χ3v) is 2.81. The van der Waals surface area contributed by atoms with Crippen LogP contribution in [-0.2, 0) is 10.1 Å². The Labute approximate surface area is 104 Å². The highest BCUT2D eigenvalue weighted by Gasteiger charge is 2.49. The van der Waals surface area contributed by atoms with Gasteiger partial charge in [-0.2, -0.15) is 21.6 Å². The Kier molecular flexibility index (Phi) is 3.88. The molecule has 0 spiro atoms. The zero-order valence-corrected chi connectivity index (χ0v) is 9.99. The van der Waals surface area contributed by atoms with E-state index in [-0.39, 0.29) is 5.75 Å². The average Bonchev–Trinajstić information content (AvgIpc) is 2.27. The number of hydrogen-bond acceptors (Lipinski definition) is 6. The molecule has 0 aliphatic carbocycles. The molecule has 0 fully saturated rings. The number of halogens is 3. The van der Waals surface area contributed by atoms with Crippen molar-refractivity contribution in [2.75, 3.05) is 7.11 Å². The van der Waals surface area contributed by atoms with Crippen molar-refractivity contribution in [3.05, 3.63) is 28.3 Å². The number of nitro benzene ring substituents is 1. The van der Waals surface area contributed by atoms with Gasteiger partial charge in [-0.25, -0.2) is 0 Å². The van der Waals surface area contributed by atoms with E-state index in [9.17, 15) is 31.7 Å². The molecule has 0 radical (unpaired) electrons. The van der Waals surface area contributed by atoms with Crippen molar-refractivity contribution in [2.45, 2.75) is 5.51 Å². The molecule has 11 heteroatoms. The lowest BCUT2D eigenvalue weighted by molar-refractivity contribution is -0.385. The van der Waals surface area contributed by atoms with E-state index in [4.69, 9.17) is 0 Å². The molecule has 1 aromatic rings. The molecule has 0 saturated carbocycles. The molecule has 0 aromatic heterocycles. The Morgan fingerprint density at radius 3 is 2.32 bits per heavy atom. The van der Waals surface area contributed by atoms with Crippen LogP contribution in [-0.4, -0.2) is 26.0 Å². The van der Waals surface area contributed by atoms with Crippen LogP contribution >= 0.6 is 0 Å². The number of benzene rings is 1. The Morgan fingerprint density at radius 1 is 1.32 bits per heavy atom. The summed E-state index contributed by atoms with van der Waals surface area (Å²) in [6, 6.07) is 2.45. The van der Waals surface area contributed by atoms with Crippen molar-refractivity contribution in [2.24, 2.45) is 0 Å². The molecule has 0 saturated heterocycles. The van der Waals surface area contributed by atoms with Crippen LogP contribution in [0.2, 0.25) is 0 Å². The third kappa shape index (κ3) is 3.24. The van der Waals surface area contributed by atoms with Crippen LogP contribution in [0.3, 0.4) is 0 Å². The van der Waals surface area contributed by atoms with Gasteiger partial charge in [0.1, 0.15) is 5.75 Å². The van der Waals surface area contributed by atoms with Crippen LogP contribution < -0.4 is 8.92 Å². The lowest BCUT2D eigenvalue weighted by atomic mass is 10.3. The molecule has 0 amide bonds. The molecule has 0 unspecified atom stereocenters. The smallest absolute Gasteiger partial charge is 0.496 e. The first-order valence-electron chi connectivity index (χ1n) is 4.41. The monoisotopic (exact) mass is 301 g/mol. The second kappa shape index (κ2) is 4.91. The highest BCUT2D eigenvalue weighted by Crippen LogP contribution is 2.35. The lowest BCUT2D eigenvalue weighted by Gasteiger charge is -2.10. The summed E-state index contributed by atoms with van der Waals surface area (Å²) in [4.78, 5) is 9.53. The standard InChI is InChI=1S/C8H6F3NO6S/c1-17-5-2-3-7(6(4-5)12(13)14)18-19(15,16)8(9,10)11/h2-4H,1H3. The minimum atomic E-state index is -5.97. The molecule has 0 N–H and O–H groups in total. The van der Waals surface area contributed by atoms with Crippen molar-refractivity contribution < 1.29 is 35.4 Å². The maximum absolute atomic E-state index is 12.1. The van der Waals surface area contributed by atoms with Crippen LogP contribution in [0.15, 0.2) is 18.2 Å². The minimum absolute atomic E-state index is 0.0385. The highest BCUT2D eigenvalue weighted by atomic mass is 32.2. The SMILES string of the molecule is COc1ccc(OS(=O)(=O)C(F)(F)F)c([N+](=O)[O-])c1. The number of ether oxygens (including phenoxy) is 1. The minimum Gasteiger partial charge on any atom is -0.496 e. The second-order valence-corrected chi connectivity index (χ2v) is 4.61. The van der Waals surface area contributed by atoms with Crippen molar-refractivity contribution >= 4 is 15.8 Å². The average molecular weight is 301 g/mol. The maximum Gasteiger partial charge on any atom is 0.534 e. The number of nitro groups is 1. The van der Waals surface area contributed by atoms with Gasteiger partial charge in [0.15, 0.2) is 0 Å². The lowest BCUT2D eigenvalue weighted by Crippen LogP contribution is -2.28. The van der Waals surface area contributed by atoms with Crippen molar-refractivity contribution in [3.63, 3.8) is 0 Å². The predicted octanol–water partition coefficient (Wildman–Crippen LogP) is 1.83. The van der Waals surface area contributed by atoms with E-state index in [1.807, 2.05) is 0 Å². The molecular weight excluding hydrogens is 295 g/mol. The summed E-state index contributed by atoms with van der Waals surface area (Å²) < 4.78 is 66.1. The fraction of sp³-hybridized carbons (Fsp3) is 0.250. The molecule has 0 bridgehead atoms. The summed E-state index contributed by atoms with van der Waals surface area (Å²) in [5.74, 6) is -1.09. The van der Waals surface area contributed by atoms with Gasteiger partial charge in [-0.1, -0.05) is 0 Å². The predicted molar refractivity (Wildman–Crippen MR) is 55.3 cm³/mol. The Hall–Kier alpha value is -2.04. The Morgan fingerprint density at radius 2 is 1.89 bits per heavy atom. The van der Waals surface area contributed by atoms with Crippen molar-refractivity contribution in [1.82, 2.24) is 0 Å². The third-order valence-electron chi connectivity index (χ3n) is 1.85. The molecule has 1 rings (SSSR count). The van der Waals surface area contributed by atoms with E-state index in [0.29, 0.717) is 6.07 Å². The van der Waals surface area contributed by atoms with Gasteiger partial charge >= 0.3 is 21.3 Å². The van der Waals surface area contributed by atoms with Gasteiger partial charge in [-0.15, -0.1) is 0 Å². The molecule has 0 atom stereocenters. The van der Waals surface area contributed by atoms with Crippen LogP contribution in [0.4, 0.5) is 18.9 Å². The largest absolute Gasteiger partial charge is 0.534 e. The number of rotatable bonds is 4. The zero-order chi connectivity index (χ0) is 14.8. The van der Waals surface area contributed by atoms with Gasteiger partial charge in [-0.3, -0.25) is 10.1 Å². The molecule has 19 heavy (non-hydrogen) atoms. The van der Waals surface area contributed by atoms with Crippen molar-refractivity contribution in [1.29, 1.82) is 0 Å². The molecule has 0 heterocycles. The number of alkyl halides is 3. The van der Waals surface area contributed by atoms with E-state index >= 15 is 0 Å². The first kappa shape index (κ1) is 15.0. The van der Waals surface area contributed by atoms with Crippen LogP contribution in [0.5, 0.6) is 11.5 Å². The summed E-state index contributed by atoms with van der Waals surface area (Å²) >= 11 is 0. The van der Waals surface area contributed by atoms with Gasteiger partial charge in [0.05, 0.1) is 18.1 Å². The highest BCUT2D eigenvalue weighted by molar-refractivity contribution is 7.88. The van der Waals surface area contributed by atoms with Gasteiger partial charge < -0.3 is 8.92 Å². The molecular formula is C8H6F3NO6S. The van der Waals surface area contributed by atoms with Crippen LogP contribution in [0, 0.1) is 10.1 Å². The second-order valence-electron chi connectivity index (χ2n) is 3.07. The fourth-order valence-electron chi connectivity index (χ4n) is 1.00. The number of hydrogen-bond donors (Lipinski definition) is 0. The van der Waals surface area contributed by atoms with Gasteiger partial charge in [0, 0.05) is 0 Å². The molecule has 1 aromatic carbocycles. The van der Waals surface area contributed by atoms with E-state index < -0.39 is 32.0 Å². The first-order valence-corrected chi connectivity index (χ1v) is 5.82. The Bertz CT molecular complexity index is 597. The van der Waals surface area contributed by atoms with E-state index in [0.717, 1.165) is 12.1 Å². The molecule has 0 aliphatic rings. The number of methoxy groups -OCH3 is 1. The molecule has 0 aliphatic heterocycles. The zero-order valence-electron chi connectivity index (χ0n) is 9.17. The molecule has 7 nitrogen and oxygen atoms in total. The summed E-state index contributed by atoms with van der Waals surface area (Å²) in [6.07, 6.45) is 0. The summed E-state index contributed by atoms with van der Waals surface area (Å²) in [5, 5.41) is 10.6. The quantitative estimate of drug-likeness (QED) is 0.364. The molecule has 106 valence electrons. The van der Waals surface area contributed by atoms with E-state index in [1.54, 1.807) is 0 Å². The topological polar surface area (TPSA) is 95.7 Å². The van der Waals surface area contributed by atoms with Crippen LogP contribution in [0.1, 0.15) is 0 Å². The maximum atomic E-state index is 12.1. The summed E-state index contributed by atoms with van der Waals surface area (Å²) in [5.41, 5.74) is -6.65. The normalized spacial score (nSPS) is 12.0. The fourth-order valence-corrected chi connectivity index (χ4v) is 1.47. The van der Waals surface area contributed by atoms with Gasteiger partial charge in [-0.05, 0) is 12.1 Å². The van der Waals surface area contributed by atoms with Crippen molar-refractivity contribution in [3.8, 4) is 11.5 Å². The first-order chi connectivity index (χ1) is 8.58.